The van der Waals surface area contributed by atoms with Crippen molar-refractivity contribution < 1.29 is 9.90 Å². The minimum Gasteiger partial charge on any atom is -0.507 e. The number of rotatable bonds is 4. The lowest BCUT2D eigenvalue weighted by atomic mass is 9.89. The van der Waals surface area contributed by atoms with Crippen molar-refractivity contribution in [3.8, 4) is 5.75 Å². The first-order valence-corrected chi connectivity index (χ1v) is 11.8. The summed E-state index contributed by atoms with van der Waals surface area (Å²) >= 11 is 1.59. The van der Waals surface area contributed by atoms with E-state index in [-0.39, 0.29) is 11.3 Å². The number of benzene rings is 2. The van der Waals surface area contributed by atoms with Crippen LogP contribution in [0.1, 0.15) is 42.3 Å². The molecule has 2 aromatic heterocycles. The van der Waals surface area contributed by atoms with E-state index in [1.165, 1.54) is 22.0 Å². The highest BCUT2D eigenvalue weighted by atomic mass is 32.1. The number of hydrogen-bond donors (Lipinski definition) is 2. The third-order valence-corrected chi connectivity index (χ3v) is 7.52. The van der Waals surface area contributed by atoms with Gasteiger partial charge in [-0.3, -0.25) is 14.2 Å². The number of aromatic nitrogens is 2. The largest absolute Gasteiger partial charge is 0.507 e. The van der Waals surface area contributed by atoms with Gasteiger partial charge < -0.3 is 5.11 Å². The molecule has 8 heteroatoms. The molecule has 0 radical (unpaired) electrons. The normalized spacial score (nSPS) is 16.8. The predicted octanol–water partition coefficient (Wildman–Crippen LogP) is 4.15. The van der Waals surface area contributed by atoms with Gasteiger partial charge in [0.1, 0.15) is 16.6 Å². The lowest BCUT2D eigenvalue weighted by Gasteiger charge is -2.18. The second kappa shape index (κ2) is 8.44. The van der Waals surface area contributed by atoms with Gasteiger partial charge in [0.2, 0.25) is 0 Å². The van der Waals surface area contributed by atoms with Crippen LogP contribution in [-0.4, -0.2) is 26.8 Å². The zero-order valence-electron chi connectivity index (χ0n) is 18.4. The minimum atomic E-state index is -0.786. The Morgan fingerprint density at radius 2 is 2.15 bits per heavy atom. The first kappa shape index (κ1) is 21.3. The van der Waals surface area contributed by atoms with E-state index in [1.807, 2.05) is 30.3 Å². The maximum atomic E-state index is 13.3. The summed E-state index contributed by atoms with van der Waals surface area (Å²) in [6.45, 7) is 3.88. The minimum absolute atomic E-state index is 0.0715. The van der Waals surface area contributed by atoms with Gasteiger partial charge in [0, 0.05) is 10.4 Å². The van der Waals surface area contributed by atoms with Gasteiger partial charge in [-0.15, -0.1) is 11.3 Å². The van der Waals surface area contributed by atoms with Crippen LogP contribution in [-0.2, 0) is 17.6 Å². The highest BCUT2D eigenvalue weighted by molar-refractivity contribution is 7.18. The average Bonchev–Trinajstić information content (AvgIpc) is 3.18. The van der Waals surface area contributed by atoms with Crippen LogP contribution in [0, 0.1) is 5.92 Å². The van der Waals surface area contributed by atoms with E-state index in [9.17, 15) is 14.7 Å². The van der Waals surface area contributed by atoms with Gasteiger partial charge in [-0.1, -0.05) is 37.3 Å². The summed E-state index contributed by atoms with van der Waals surface area (Å²) in [6, 6.07) is 10.2. The van der Waals surface area contributed by atoms with Gasteiger partial charge in [-0.2, -0.15) is 5.10 Å². The van der Waals surface area contributed by atoms with Gasteiger partial charge in [0.15, 0.2) is 0 Å². The Hall–Kier alpha value is -3.52. The third-order valence-electron chi connectivity index (χ3n) is 6.35. The summed E-state index contributed by atoms with van der Waals surface area (Å²) in [7, 11) is 0. The smallest absolute Gasteiger partial charge is 0.263 e. The molecule has 0 unspecified atom stereocenters. The van der Waals surface area contributed by atoms with E-state index in [1.54, 1.807) is 24.3 Å². The van der Waals surface area contributed by atoms with Crippen molar-refractivity contribution in [1.29, 1.82) is 0 Å². The molecule has 4 aromatic rings. The topological polar surface area (TPSA) is 96.6 Å². The number of carbonyl (C=O) groups excluding carboxylic acids is 1. The van der Waals surface area contributed by atoms with Gasteiger partial charge >= 0.3 is 0 Å². The van der Waals surface area contributed by atoms with Crippen molar-refractivity contribution in [1.82, 2.24) is 15.0 Å². The molecule has 7 nitrogen and oxygen atoms in total. The zero-order valence-corrected chi connectivity index (χ0v) is 19.2. The molecular formula is C25H24N4O3S. The van der Waals surface area contributed by atoms with Crippen molar-refractivity contribution in [3.05, 3.63) is 69.1 Å². The van der Waals surface area contributed by atoms with Crippen LogP contribution in [0.4, 0.5) is 0 Å². The standard InChI is InChI=1S/C25H24N4O3S/c1-14-7-9-18-21(11-14)33-24-22(18)25(32)29(13-26-24)15(2)23(31)28-27-12-19-17-6-4-3-5-16(17)8-10-20(19)30/h3-6,8,10,12-15,30H,7,9,11H2,1-2H3,(H,28,31)/b27-12-/t14-,15+/m0/s1. The molecule has 1 amide bonds. The number of nitrogens with zero attached hydrogens (tertiary/aromatic N) is 3. The summed E-state index contributed by atoms with van der Waals surface area (Å²) in [5.74, 6) is 0.241. The van der Waals surface area contributed by atoms with E-state index in [0.717, 1.165) is 40.4 Å². The maximum Gasteiger partial charge on any atom is 0.263 e. The molecule has 0 spiro atoms. The Bertz CT molecular complexity index is 1470. The van der Waals surface area contributed by atoms with Crippen LogP contribution < -0.4 is 11.0 Å². The van der Waals surface area contributed by atoms with E-state index in [2.05, 4.69) is 22.4 Å². The van der Waals surface area contributed by atoms with Crippen LogP contribution in [0.25, 0.3) is 21.0 Å². The second-order valence-corrected chi connectivity index (χ2v) is 9.70. The number of thiophene rings is 1. The van der Waals surface area contributed by atoms with E-state index >= 15 is 0 Å². The van der Waals surface area contributed by atoms with Crippen molar-refractivity contribution in [2.24, 2.45) is 11.0 Å². The summed E-state index contributed by atoms with van der Waals surface area (Å²) < 4.78 is 1.37. The van der Waals surface area contributed by atoms with Crippen molar-refractivity contribution in [2.75, 3.05) is 0 Å². The predicted molar refractivity (Wildman–Crippen MR) is 131 cm³/mol. The van der Waals surface area contributed by atoms with E-state index in [4.69, 9.17) is 0 Å². The number of nitrogens with one attached hydrogen (secondary N) is 1. The molecule has 1 aliphatic rings. The highest BCUT2D eigenvalue weighted by Gasteiger charge is 2.25. The number of amides is 1. The Morgan fingerprint density at radius 3 is 3.00 bits per heavy atom. The first-order valence-electron chi connectivity index (χ1n) is 11.0. The molecule has 0 fully saturated rings. The molecule has 0 aliphatic heterocycles. The molecule has 2 atom stereocenters. The zero-order chi connectivity index (χ0) is 23.1. The Labute approximate surface area is 194 Å². The van der Waals surface area contributed by atoms with Crippen LogP contribution >= 0.6 is 11.3 Å². The highest BCUT2D eigenvalue weighted by Crippen LogP contribution is 2.35. The van der Waals surface area contributed by atoms with Crippen molar-refractivity contribution in [2.45, 2.75) is 39.2 Å². The SMILES string of the molecule is C[C@H]1CCc2c(sc3ncn([C@H](C)C(=O)N/N=C\c4c(O)ccc5ccccc45)c(=O)c23)C1. The van der Waals surface area contributed by atoms with Gasteiger partial charge in [-0.25, -0.2) is 10.4 Å². The third kappa shape index (κ3) is 3.80. The first-order chi connectivity index (χ1) is 15.9. The van der Waals surface area contributed by atoms with Crippen molar-refractivity contribution in [3.63, 3.8) is 0 Å². The lowest BCUT2D eigenvalue weighted by Crippen LogP contribution is -2.34. The number of carbonyl (C=O) groups is 1. The summed E-state index contributed by atoms with van der Waals surface area (Å²) in [5.41, 5.74) is 3.91. The van der Waals surface area contributed by atoms with Gasteiger partial charge in [0.05, 0.1) is 17.9 Å². The van der Waals surface area contributed by atoms with Crippen LogP contribution in [0.5, 0.6) is 5.75 Å². The molecule has 168 valence electrons. The number of fused-ring (bicyclic) bond motifs is 4. The number of hydrazone groups is 1. The van der Waals surface area contributed by atoms with Gasteiger partial charge in [0.25, 0.3) is 11.5 Å². The number of aromatic hydroxyl groups is 1. The molecular weight excluding hydrogens is 436 g/mol. The summed E-state index contributed by atoms with van der Waals surface area (Å²) in [5, 5.41) is 16.7. The van der Waals surface area contributed by atoms with Crippen molar-refractivity contribution >= 4 is 44.4 Å². The van der Waals surface area contributed by atoms with Gasteiger partial charge in [-0.05, 0) is 54.5 Å². The Kier molecular flexibility index (Phi) is 5.46. The van der Waals surface area contributed by atoms with E-state index < -0.39 is 11.9 Å². The molecule has 0 saturated heterocycles. The Balaban J connectivity index is 1.40. The van der Waals surface area contributed by atoms with E-state index in [0.29, 0.717) is 16.9 Å². The molecule has 0 saturated carbocycles. The molecule has 5 rings (SSSR count). The van der Waals surface area contributed by atoms with Crippen LogP contribution in [0.3, 0.4) is 0 Å². The number of hydrogen-bond acceptors (Lipinski definition) is 6. The molecule has 2 heterocycles. The number of phenols is 1. The fourth-order valence-corrected chi connectivity index (χ4v) is 5.76. The molecule has 2 N–H and O–H groups in total. The maximum absolute atomic E-state index is 13.3. The Morgan fingerprint density at radius 1 is 1.33 bits per heavy atom. The molecule has 0 bridgehead atoms. The lowest BCUT2D eigenvalue weighted by molar-refractivity contribution is -0.123. The van der Waals surface area contributed by atoms with Crippen LogP contribution in [0.2, 0.25) is 0 Å². The number of phenolic OH excluding ortho intramolecular Hbond substituents is 1. The monoisotopic (exact) mass is 460 g/mol. The second-order valence-electron chi connectivity index (χ2n) is 8.62. The average molecular weight is 461 g/mol. The quantitative estimate of drug-likeness (QED) is 0.353. The van der Waals surface area contributed by atoms with Crippen LogP contribution in [0.15, 0.2) is 52.6 Å². The summed E-state index contributed by atoms with van der Waals surface area (Å²) in [6.07, 6.45) is 5.76. The molecule has 1 aliphatic carbocycles. The fraction of sp³-hybridized carbons (Fsp3) is 0.280. The fourth-order valence-electron chi connectivity index (χ4n) is 4.42. The summed E-state index contributed by atoms with van der Waals surface area (Å²) in [4.78, 5) is 32.5. The molecule has 33 heavy (non-hydrogen) atoms. The molecule has 2 aromatic carbocycles. The number of aryl methyl sites for hydroxylation is 1.